The van der Waals surface area contributed by atoms with E-state index in [1.807, 2.05) is 26.8 Å². The maximum atomic E-state index is 15.9. The summed E-state index contributed by atoms with van der Waals surface area (Å²) in [6, 6.07) is 5.93. The Bertz CT molecular complexity index is 1010. The summed E-state index contributed by atoms with van der Waals surface area (Å²) in [7, 11) is -5.93. The van der Waals surface area contributed by atoms with Crippen molar-refractivity contribution in [1.29, 1.82) is 5.26 Å². The van der Waals surface area contributed by atoms with Gasteiger partial charge < -0.3 is 10.8 Å². The number of aliphatic hydroxyl groups excluding tert-OH is 1. The van der Waals surface area contributed by atoms with Crippen LogP contribution in [-0.2, 0) is 15.3 Å². The Balaban J connectivity index is 3.75. The average Bonchev–Trinajstić information content (AvgIpc) is 2.75. The van der Waals surface area contributed by atoms with Crippen LogP contribution in [0.3, 0.4) is 0 Å². The normalized spacial score (nSPS) is 16.6. The fourth-order valence-electron chi connectivity index (χ4n) is 3.77. The molecule has 3 N–H and O–H groups in total. The third kappa shape index (κ3) is 6.36. The first kappa shape index (κ1) is 30.0. The molecule has 1 aromatic rings. The Hall–Kier alpha value is -1.00. The molecule has 1 heterocycles. The van der Waals surface area contributed by atoms with Gasteiger partial charge in [0.25, 0.3) is 5.92 Å². The Labute approximate surface area is 204 Å². The molecule has 0 aromatic carbocycles. The van der Waals surface area contributed by atoms with E-state index in [0.29, 0.717) is 9.79 Å². The van der Waals surface area contributed by atoms with Crippen LogP contribution in [0, 0.1) is 17.1 Å². The standard InChI is InChI=1S/C21H34BrF3N4O2SSi/c1-7-33(8-2,9-3)15-10-16(22)29-18(17(15)23)20(6,27)14-32(31,19(4,5)11-26)28-12-21(24,25)13-30/h10,30H,7-9,12-14,27H2,1-6H3/t20-,32+/m0/s1. The number of nitrogens with zero attached hydrogens (tertiary/aromatic N) is 3. The molecule has 12 heteroatoms. The van der Waals surface area contributed by atoms with Crippen molar-refractivity contribution in [3.63, 3.8) is 0 Å². The highest BCUT2D eigenvalue weighted by molar-refractivity contribution is 9.10. The molecule has 0 aliphatic rings. The number of nitrogens with two attached hydrogens (primary N) is 1. The summed E-state index contributed by atoms with van der Waals surface area (Å²) in [5, 5.41) is 19.0. The summed E-state index contributed by atoms with van der Waals surface area (Å²) in [5.74, 6) is -4.77. The molecule has 0 saturated carbocycles. The predicted molar refractivity (Wildman–Crippen MR) is 132 cm³/mol. The molecule has 6 nitrogen and oxygen atoms in total. The minimum absolute atomic E-state index is 0.148. The largest absolute Gasteiger partial charge is 0.390 e. The molecule has 1 rings (SSSR count). The maximum Gasteiger partial charge on any atom is 0.290 e. The molecular weight excluding hydrogens is 537 g/mol. The van der Waals surface area contributed by atoms with Crippen LogP contribution in [0.1, 0.15) is 47.2 Å². The molecular formula is C21H34BrF3N4O2SSi. The quantitative estimate of drug-likeness (QED) is 0.304. The van der Waals surface area contributed by atoms with Crippen LogP contribution in [0.15, 0.2) is 15.0 Å². The first-order chi connectivity index (χ1) is 15.0. The van der Waals surface area contributed by atoms with E-state index < -0.39 is 58.7 Å². The topological polar surface area (TPSA) is 112 Å². The van der Waals surface area contributed by atoms with Crippen LogP contribution >= 0.6 is 15.9 Å². The van der Waals surface area contributed by atoms with Gasteiger partial charge in [0, 0.05) is 0 Å². The fourth-order valence-corrected chi connectivity index (χ4v) is 10.3. The molecule has 0 radical (unpaired) electrons. The number of nitriles is 1. The second-order valence-electron chi connectivity index (χ2n) is 9.12. The molecule has 0 aliphatic carbocycles. The van der Waals surface area contributed by atoms with Crippen molar-refractivity contribution in [2.24, 2.45) is 10.1 Å². The number of hydrogen-bond acceptors (Lipinski definition) is 6. The lowest BCUT2D eigenvalue weighted by Gasteiger charge is -2.34. The molecule has 0 fully saturated rings. The zero-order chi connectivity index (χ0) is 25.9. The van der Waals surface area contributed by atoms with Crippen LogP contribution in [0.5, 0.6) is 0 Å². The number of alkyl halides is 2. The summed E-state index contributed by atoms with van der Waals surface area (Å²) in [5.41, 5.74) is 4.63. The van der Waals surface area contributed by atoms with Crippen molar-refractivity contribution in [3.05, 3.63) is 22.2 Å². The van der Waals surface area contributed by atoms with Gasteiger partial charge in [-0.2, -0.15) is 5.26 Å². The van der Waals surface area contributed by atoms with Crippen molar-refractivity contribution in [2.75, 3.05) is 18.9 Å². The second-order valence-corrected chi connectivity index (χ2v) is 18.0. The Morgan fingerprint density at radius 1 is 1.27 bits per heavy atom. The predicted octanol–water partition coefficient (Wildman–Crippen LogP) is 4.27. The van der Waals surface area contributed by atoms with Gasteiger partial charge in [-0.05, 0) is 48.0 Å². The van der Waals surface area contributed by atoms with Gasteiger partial charge in [-0.3, -0.25) is 0 Å². The number of rotatable bonds is 11. The number of pyridine rings is 1. The first-order valence-corrected chi connectivity index (χ1v) is 15.9. The highest BCUT2D eigenvalue weighted by Crippen LogP contribution is 2.31. The van der Waals surface area contributed by atoms with Gasteiger partial charge in [-0.1, -0.05) is 38.9 Å². The zero-order valence-electron chi connectivity index (χ0n) is 20.0. The van der Waals surface area contributed by atoms with Crippen molar-refractivity contribution in [3.8, 4) is 6.07 Å². The smallest absolute Gasteiger partial charge is 0.290 e. The molecule has 1 aromatic heterocycles. The lowest BCUT2D eigenvalue weighted by Crippen LogP contribution is -2.52. The highest BCUT2D eigenvalue weighted by atomic mass is 79.9. The molecule has 0 amide bonds. The Kier molecular flexibility index (Phi) is 9.76. The number of halogens is 4. The van der Waals surface area contributed by atoms with Crippen molar-refractivity contribution in [1.82, 2.24) is 4.98 Å². The van der Waals surface area contributed by atoms with Crippen LogP contribution < -0.4 is 10.9 Å². The Morgan fingerprint density at radius 2 is 1.79 bits per heavy atom. The maximum absolute atomic E-state index is 15.9. The van der Waals surface area contributed by atoms with Gasteiger partial charge in [-0.15, -0.1) is 0 Å². The lowest BCUT2D eigenvalue weighted by atomic mass is 10.0. The molecule has 0 saturated heterocycles. The van der Waals surface area contributed by atoms with Crippen LogP contribution in [0.4, 0.5) is 13.2 Å². The summed E-state index contributed by atoms with van der Waals surface area (Å²) < 4.78 is 59.5. The number of hydrogen-bond donors (Lipinski definition) is 2. The van der Waals surface area contributed by atoms with Crippen molar-refractivity contribution >= 4 is 38.9 Å². The van der Waals surface area contributed by atoms with E-state index in [2.05, 4.69) is 25.3 Å². The second kappa shape index (κ2) is 10.7. The summed E-state index contributed by atoms with van der Waals surface area (Å²) in [4.78, 5) is 4.24. The van der Waals surface area contributed by atoms with E-state index in [1.54, 1.807) is 6.07 Å². The van der Waals surface area contributed by atoms with Crippen LogP contribution in [-0.4, -0.2) is 51.9 Å². The summed E-state index contributed by atoms with van der Waals surface area (Å²) >= 11 is 3.33. The Morgan fingerprint density at radius 3 is 2.21 bits per heavy atom. The molecule has 33 heavy (non-hydrogen) atoms. The van der Waals surface area contributed by atoms with Gasteiger partial charge in [-0.25, -0.2) is 26.7 Å². The fraction of sp³-hybridized carbons (Fsp3) is 0.714. The minimum atomic E-state index is -3.72. The van der Waals surface area contributed by atoms with E-state index in [-0.39, 0.29) is 5.69 Å². The van der Waals surface area contributed by atoms with E-state index >= 15 is 4.39 Å². The zero-order valence-corrected chi connectivity index (χ0v) is 23.4. The van der Waals surface area contributed by atoms with Gasteiger partial charge in [0.1, 0.15) is 28.3 Å². The first-order valence-electron chi connectivity index (χ1n) is 10.8. The van der Waals surface area contributed by atoms with Crippen LogP contribution in [0.25, 0.3) is 0 Å². The minimum Gasteiger partial charge on any atom is -0.390 e. The van der Waals surface area contributed by atoms with E-state index in [4.69, 9.17) is 10.8 Å². The monoisotopic (exact) mass is 570 g/mol. The molecule has 0 aliphatic heterocycles. The molecule has 0 spiro atoms. The van der Waals surface area contributed by atoms with Gasteiger partial charge in [0.05, 0.1) is 40.9 Å². The lowest BCUT2D eigenvalue weighted by molar-refractivity contribution is -0.0401. The van der Waals surface area contributed by atoms with Gasteiger partial charge >= 0.3 is 0 Å². The van der Waals surface area contributed by atoms with E-state index in [9.17, 15) is 18.3 Å². The van der Waals surface area contributed by atoms with E-state index in [0.717, 1.165) is 18.1 Å². The van der Waals surface area contributed by atoms with Gasteiger partial charge in [0.2, 0.25) is 0 Å². The number of aliphatic hydroxyl groups is 1. The number of aromatic nitrogens is 1. The highest BCUT2D eigenvalue weighted by Gasteiger charge is 2.43. The molecule has 2 atom stereocenters. The third-order valence-electron chi connectivity index (χ3n) is 6.37. The third-order valence-corrected chi connectivity index (χ3v) is 15.6. The SMILES string of the molecule is CC[Si](CC)(CC)c1cc(Br)nc([C@@](C)(N)C[S@](=O)(=NCC(F)(F)CO)C(C)(C)C#N)c1F. The summed E-state index contributed by atoms with van der Waals surface area (Å²) in [6.45, 7) is 7.37. The summed E-state index contributed by atoms with van der Waals surface area (Å²) in [6.07, 6.45) is 0. The van der Waals surface area contributed by atoms with Crippen molar-refractivity contribution < 1.29 is 22.5 Å². The molecule has 188 valence electrons. The van der Waals surface area contributed by atoms with Crippen LogP contribution in [0.2, 0.25) is 18.1 Å². The van der Waals surface area contributed by atoms with E-state index in [1.165, 1.54) is 20.8 Å². The van der Waals surface area contributed by atoms with Gasteiger partial charge in [0.15, 0.2) is 0 Å². The molecule has 0 bridgehead atoms. The molecule has 0 unspecified atom stereocenters. The average molecular weight is 572 g/mol. The van der Waals surface area contributed by atoms with Crippen molar-refractivity contribution in [2.45, 2.75) is 75.9 Å².